The molecule has 17 heavy (non-hydrogen) atoms. The second-order valence-electron chi connectivity index (χ2n) is 4.84. The molecule has 1 aliphatic heterocycles. The van der Waals surface area contributed by atoms with Crippen LogP contribution in [0.25, 0.3) is 0 Å². The standard InChI is InChI=1S/C14H22N2O/c1-3-14-11(6-7-17-14)9-16-13-8-10(2)4-5-12(13)15/h4-5,8,11,14,16H,3,6-7,9,15H2,1-2H3. The van der Waals surface area contributed by atoms with E-state index < -0.39 is 0 Å². The topological polar surface area (TPSA) is 47.3 Å². The maximum Gasteiger partial charge on any atom is 0.0618 e. The molecule has 1 saturated heterocycles. The summed E-state index contributed by atoms with van der Waals surface area (Å²) < 4.78 is 5.69. The first-order valence-electron chi connectivity index (χ1n) is 6.42. The molecule has 0 saturated carbocycles. The predicted octanol–water partition coefficient (Wildman–Crippen LogP) is 2.80. The third kappa shape index (κ3) is 2.91. The summed E-state index contributed by atoms with van der Waals surface area (Å²) in [6.45, 7) is 6.11. The third-order valence-electron chi connectivity index (χ3n) is 3.51. The van der Waals surface area contributed by atoms with Gasteiger partial charge in [0.05, 0.1) is 17.5 Å². The van der Waals surface area contributed by atoms with Crippen LogP contribution in [-0.2, 0) is 4.74 Å². The lowest BCUT2D eigenvalue weighted by molar-refractivity contribution is 0.0900. The van der Waals surface area contributed by atoms with Crippen molar-refractivity contribution in [1.29, 1.82) is 0 Å². The fourth-order valence-corrected chi connectivity index (χ4v) is 2.44. The molecule has 1 aliphatic rings. The molecule has 0 bridgehead atoms. The van der Waals surface area contributed by atoms with Crippen LogP contribution in [-0.4, -0.2) is 19.3 Å². The number of nitrogens with one attached hydrogen (secondary N) is 1. The van der Waals surface area contributed by atoms with E-state index in [4.69, 9.17) is 10.5 Å². The van der Waals surface area contributed by atoms with Crippen LogP contribution in [0.15, 0.2) is 18.2 Å². The number of nitrogens with two attached hydrogens (primary N) is 1. The van der Waals surface area contributed by atoms with Crippen LogP contribution >= 0.6 is 0 Å². The minimum Gasteiger partial charge on any atom is -0.397 e. The van der Waals surface area contributed by atoms with Gasteiger partial charge in [-0.1, -0.05) is 13.0 Å². The monoisotopic (exact) mass is 234 g/mol. The molecule has 3 N–H and O–H groups in total. The van der Waals surface area contributed by atoms with Crippen LogP contribution in [0.1, 0.15) is 25.3 Å². The van der Waals surface area contributed by atoms with E-state index in [2.05, 4.69) is 25.2 Å². The zero-order valence-electron chi connectivity index (χ0n) is 10.7. The van der Waals surface area contributed by atoms with Crippen molar-refractivity contribution in [2.75, 3.05) is 24.2 Å². The molecular weight excluding hydrogens is 212 g/mol. The molecule has 2 unspecified atom stereocenters. The van der Waals surface area contributed by atoms with Crippen molar-refractivity contribution >= 4 is 11.4 Å². The molecule has 3 heteroatoms. The van der Waals surface area contributed by atoms with E-state index in [1.54, 1.807) is 0 Å². The summed E-state index contributed by atoms with van der Waals surface area (Å²) in [5.41, 5.74) is 9.05. The average Bonchev–Trinajstić information content (AvgIpc) is 2.77. The molecule has 3 nitrogen and oxygen atoms in total. The molecule has 1 aromatic rings. The summed E-state index contributed by atoms with van der Waals surface area (Å²) in [5, 5.41) is 3.46. The van der Waals surface area contributed by atoms with Crippen molar-refractivity contribution in [3.8, 4) is 0 Å². The number of nitrogen functional groups attached to an aromatic ring is 1. The molecule has 0 radical (unpaired) electrons. The minimum absolute atomic E-state index is 0.411. The van der Waals surface area contributed by atoms with Crippen molar-refractivity contribution in [1.82, 2.24) is 0 Å². The Hall–Kier alpha value is -1.22. The Labute approximate surface area is 103 Å². The highest BCUT2D eigenvalue weighted by Crippen LogP contribution is 2.25. The average molecular weight is 234 g/mol. The maximum atomic E-state index is 5.95. The van der Waals surface area contributed by atoms with Gasteiger partial charge in [0.25, 0.3) is 0 Å². The molecule has 2 rings (SSSR count). The van der Waals surface area contributed by atoms with Crippen molar-refractivity contribution < 1.29 is 4.74 Å². The minimum atomic E-state index is 0.411. The van der Waals surface area contributed by atoms with Crippen LogP contribution < -0.4 is 11.1 Å². The first-order chi connectivity index (χ1) is 8.20. The van der Waals surface area contributed by atoms with Gasteiger partial charge in [0, 0.05) is 19.1 Å². The fraction of sp³-hybridized carbons (Fsp3) is 0.571. The zero-order valence-corrected chi connectivity index (χ0v) is 10.7. The van der Waals surface area contributed by atoms with Gasteiger partial charge in [-0.05, 0) is 37.5 Å². The Morgan fingerprint density at radius 3 is 3.06 bits per heavy atom. The fourth-order valence-electron chi connectivity index (χ4n) is 2.44. The molecule has 1 fully saturated rings. The Morgan fingerprint density at radius 1 is 1.47 bits per heavy atom. The van der Waals surface area contributed by atoms with E-state index in [0.717, 1.165) is 37.4 Å². The van der Waals surface area contributed by atoms with Gasteiger partial charge in [-0.15, -0.1) is 0 Å². The third-order valence-corrected chi connectivity index (χ3v) is 3.51. The number of hydrogen-bond donors (Lipinski definition) is 2. The van der Waals surface area contributed by atoms with E-state index in [0.29, 0.717) is 12.0 Å². The predicted molar refractivity (Wildman–Crippen MR) is 72.2 cm³/mol. The van der Waals surface area contributed by atoms with Gasteiger partial charge in [0.2, 0.25) is 0 Å². The molecular formula is C14H22N2O. The Bertz CT molecular complexity index is 378. The van der Waals surface area contributed by atoms with Crippen LogP contribution in [0, 0.1) is 12.8 Å². The summed E-state index contributed by atoms with van der Waals surface area (Å²) in [6.07, 6.45) is 2.65. The quantitative estimate of drug-likeness (QED) is 0.787. The highest BCUT2D eigenvalue weighted by atomic mass is 16.5. The number of rotatable bonds is 4. The first kappa shape index (κ1) is 12.2. The van der Waals surface area contributed by atoms with E-state index in [-0.39, 0.29) is 0 Å². The molecule has 0 spiro atoms. The van der Waals surface area contributed by atoms with Crippen molar-refractivity contribution in [2.45, 2.75) is 32.8 Å². The molecule has 0 amide bonds. The van der Waals surface area contributed by atoms with Gasteiger partial charge >= 0.3 is 0 Å². The van der Waals surface area contributed by atoms with Crippen LogP contribution in [0.3, 0.4) is 0 Å². The van der Waals surface area contributed by atoms with Crippen molar-refractivity contribution in [3.05, 3.63) is 23.8 Å². The Morgan fingerprint density at radius 2 is 2.29 bits per heavy atom. The summed E-state index contributed by atoms with van der Waals surface area (Å²) >= 11 is 0. The van der Waals surface area contributed by atoms with Crippen LogP contribution in [0.4, 0.5) is 11.4 Å². The van der Waals surface area contributed by atoms with Crippen LogP contribution in [0.2, 0.25) is 0 Å². The Balaban J connectivity index is 1.95. The molecule has 1 heterocycles. The SMILES string of the molecule is CCC1OCCC1CNc1cc(C)ccc1N. The maximum absolute atomic E-state index is 5.95. The summed E-state index contributed by atoms with van der Waals surface area (Å²) in [4.78, 5) is 0. The lowest BCUT2D eigenvalue weighted by Gasteiger charge is -2.18. The van der Waals surface area contributed by atoms with Gasteiger partial charge in [-0.25, -0.2) is 0 Å². The van der Waals surface area contributed by atoms with Gasteiger partial charge in [-0.2, -0.15) is 0 Å². The second kappa shape index (κ2) is 5.41. The normalized spacial score (nSPS) is 23.9. The highest BCUT2D eigenvalue weighted by Gasteiger charge is 2.26. The molecule has 2 atom stereocenters. The number of anilines is 2. The van der Waals surface area contributed by atoms with Gasteiger partial charge < -0.3 is 15.8 Å². The van der Waals surface area contributed by atoms with E-state index in [9.17, 15) is 0 Å². The number of hydrogen-bond acceptors (Lipinski definition) is 3. The molecule has 94 valence electrons. The summed E-state index contributed by atoms with van der Waals surface area (Å²) in [6, 6.07) is 6.10. The highest BCUT2D eigenvalue weighted by molar-refractivity contribution is 5.66. The largest absolute Gasteiger partial charge is 0.397 e. The summed E-state index contributed by atoms with van der Waals surface area (Å²) in [5.74, 6) is 0.611. The van der Waals surface area contributed by atoms with E-state index in [1.807, 2.05) is 12.1 Å². The molecule has 1 aromatic carbocycles. The van der Waals surface area contributed by atoms with Crippen molar-refractivity contribution in [2.24, 2.45) is 5.92 Å². The van der Waals surface area contributed by atoms with Gasteiger partial charge in [0.15, 0.2) is 0 Å². The summed E-state index contributed by atoms with van der Waals surface area (Å²) in [7, 11) is 0. The second-order valence-corrected chi connectivity index (χ2v) is 4.84. The smallest absolute Gasteiger partial charge is 0.0618 e. The van der Waals surface area contributed by atoms with E-state index in [1.165, 1.54) is 5.56 Å². The lowest BCUT2D eigenvalue weighted by atomic mass is 9.99. The first-order valence-corrected chi connectivity index (χ1v) is 6.42. The molecule has 0 aliphatic carbocycles. The van der Waals surface area contributed by atoms with Crippen molar-refractivity contribution in [3.63, 3.8) is 0 Å². The van der Waals surface area contributed by atoms with Gasteiger partial charge in [-0.3, -0.25) is 0 Å². The number of aryl methyl sites for hydroxylation is 1. The van der Waals surface area contributed by atoms with E-state index >= 15 is 0 Å². The molecule has 0 aromatic heterocycles. The number of ether oxygens (including phenoxy) is 1. The van der Waals surface area contributed by atoms with Gasteiger partial charge in [0.1, 0.15) is 0 Å². The Kier molecular flexibility index (Phi) is 3.89. The number of benzene rings is 1. The lowest BCUT2D eigenvalue weighted by Crippen LogP contribution is -2.23. The zero-order chi connectivity index (χ0) is 12.3. The van der Waals surface area contributed by atoms with Crippen LogP contribution in [0.5, 0.6) is 0 Å².